The lowest BCUT2D eigenvalue weighted by molar-refractivity contribution is 0.0572. The van der Waals surface area contributed by atoms with Crippen molar-refractivity contribution in [1.82, 2.24) is 9.88 Å². The molecule has 0 aliphatic carbocycles. The van der Waals surface area contributed by atoms with Crippen LogP contribution in [0.3, 0.4) is 0 Å². The molecule has 0 spiro atoms. The molecular formula is C12H17N3O2. The molecule has 5 heteroatoms. The lowest BCUT2D eigenvalue weighted by atomic mass is 10.1. The monoisotopic (exact) mass is 235 g/mol. The molecule has 2 N–H and O–H groups in total. The van der Waals surface area contributed by atoms with Crippen LogP contribution in [0.4, 0.5) is 5.82 Å². The van der Waals surface area contributed by atoms with Crippen LogP contribution >= 0.6 is 0 Å². The fourth-order valence-corrected chi connectivity index (χ4v) is 2.07. The summed E-state index contributed by atoms with van der Waals surface area (Å²) in [4.78, 5) is 18.0. The van der Waals surface area contributed by atoms with Crippen LogP contribution in [0.1, 0.15) is 23.7 Å². The van der Waals surface area contributed by atoms with E-state index < -0.39 is 5.60 Å². The van der Waals surface area contributed by atoms with Gasteiger partial charge in [-0.05, 0) is 25.5 Å². The van der Waals surface area contributed by atoms with Gasteiger partial charge in [0.2, 0.25) is 0 Å². The van der Waals surface area contributed by atoms with E-state index in [2.05, 4.69) is 10.3 Å². The predicted octanol–water partition coefficient (Wildman–Crippen LogP) is 0.720. The standard InChI is InChI=1S/C12H17N3O2/c1-12(17)5-7-15(8-12)11(16)9-4-3-6-14-10(9)13-2/h3-4,6,17H,5,7-8H2,1-2H3,(H,13,14). The molecule has 17 heavy (non-hydrogen) atoms. The van der Waals surface area contributed by atoms with E-state index >= 15 is 0 Å². The Morgan fingerprint density at radius 3 is 3.00 bits per heavy atom. The van der Waals surface area contributed by atoms with Gasteiger partial charge >= 0.3 is 0 Å². The molecule has 1 saturated heterocycles. The largest absolute Gasteiger partial charge is 0.388 e. The third-order valence-corrected chi connectivity index (χ3v) is 3.01. The second-order valence-electron chi connectivity index (χ2n) is 4.62. The summed E-state index contributed by atoms with van der Waals surface area (Å²) in [6, 6.07) is 3.48. The van der Waals surface area contributed by atoms with Crippen molar-refractivity contribution in [3.8, 4) is 0 Å². The Hall–Kier alpha value is -1.62. The van der Waals surface area contributed by atoms with Gasteiger partial charge in [0.1, 0.15) is 5.82 Å². The Morgan fingerprint density at radius 1 is 1.65 bits per heavy atom. The summed E-state index contributed by atoms with van der Waals surface area (Å²) in [5.74, 6) is 0.490. The SMILES string of the molecule is CNc1ncccc1C(=O)N1CCC(C)(O)C1. The van der Waals surface area contributed by atoms with Gasteiger partial charge in [0, 0.05) is 26.3 Å². The van der Waals surface area contributed by atoms with Crippen LogP contribution in [-0.4, -0.2) is 46.6 Å². The smallest absolute Gasteiger partial charge is 0.257 e. The summed E-state index contributed by atoms with van der Waals surface area (Å²) in [6.45, 7) is 2.72. The molecule has 5 nitrogen and oxygen atoms in total. The van der Waals surface area contributed by atoms with E-state index in [0.717, 1.165) is 0 Å². The normalized spacial score (nSPS) is 23.8. The molecule has 2 heterocycles. The number of amides is 1. The van der Waals surface area contributed by atoms with Crippen LogP contribution < -0.4 is 5.32 Å². The van der Waals surface area contributed by atoms with Crippen molar-refractivity contribution in [2.24, 2.45) is 0 Å². The highest BCUT2D eigenvalue weighted by molar-refractivity contribution is 5.98. The van der Waals surface area contributed by atoms with E-state index in [9.17, 15) is 9.90 Å². The van der Waals surface area contributed by atoms with Crippen LogP contribution in [0.5, 0.6) is 0 Å². The second-order valence-corrected chi connectivity index (χ2v) is 4.62. The number of pyridine rings is 1. The molecule has 1 aliphatic heterocycles. The molecule has 1 atom stereocenters. The highest BCUT2D eigenvalue weighted by atomic mass is 16.3. The van der Waals surface area contributed by atoms with Crippen molar-refractivity contribution in [1.29, 1.82) is 0 Å². The Kier molecular flexibility index (Phi) is 3.02. The highest BCUT2D eigenvalue weighted by Crippen LogP contribution is 2.23. The summed E-state index contributed by atoms with van der Waals surface area (Å²) < 4.78 is 0. The Bertz CT molecular complexity index is 432. The zero-order valence-corrected chi connectivity index (χ0v) is 10.1. The molecule has 1 fully saturated rings. The van der Waals surface area contributed by atoms with Gasteiger partial charge in [-0.2, -0.15) is 0 Å². The van der Waals surface area contributed by atoms with E-state index in [1.165, 1.54) is 0 Å². The molecule has 0 aromatic carbocycles. The number of nitrogens with one attached hydrogen (secondary N) is 1. The van der Waals surface area contributed by atoms with Crippen molar-refractivity contribution in [3.63, 3.8) is 0 Å². The number of aromatic nitrogens is 1. The summed E-state index contributed by atoms with van der Waals surface area (Å²) in [7, 11) is 1.74. The average Bonchev–Trinajstić information content (AvgIpc) is 2.68. The second kappa shape index (κ2) is 4.33. The Morgan fingerprint density at radius 2 is 2.41 bits per heavy atom. The van der Waals surface area contributed by atoms with Crippen LogP contribution in [-0.2, 0) is 0 Å². The van der Waals surface area contributed by atoms with Gasteiger partial charge in [0.25, 0.3) is 5.91 Å². The number of nitrogens with zero attached hydrogens (tertiary/aromatic N) is 2. The van der Waals surface area contributed by atoms with Gasteiger partial charge in [-0.25, -0.2) is 4.98 Å². The van der Waals surface area contributed by atoms with E-state index in [1.54, 1.807) is 37.2 Å². The van der Waals surface area contributed by atoms with Crippen molar-refractivity contribution in [2.75, 3.05) is 25.5 Å². The molecule has 92 valence electrons. The van der Waals surface area contributed by atoms with E-state index in [0.29, 0.717) is 30.9 Å². The minimum atomic E-state index is -0.766. The average molecular weight is 235 g/mol. The van der Waals surface area contributed by atoms with E-state index in [-0.39, 0.29) is 5.91 Å². The number of carbonyl (C=O) groups is 1. The number of likely N-dealkylation sites (tertiary alicyclic amines) is 1. The molecule has 0 bridgehead atoms. The molecule has 0 saturated carbocycles. The number of carbonyl (C=O) groups excluding carboxylic acids is 1. The summed E-state index contributed by atoms with van der Waals surface area (Å²) >= 11 is 0. The van der Waals surface area contributed by atoms with Crippen LogP contribution in [0, 0.1) is 0 Å². The van der Waals surface area contributed by atoms with Crippen LogP contribution in [0.15, 0.2) is 18.3 Å². The van der Waals surface area contributed by atoms with E-state index in [1.807, 2.05) is 0 Å². The molecular weight excluding hydrogens is 218 g/mol. The van der Waals surface area contributed by atoms with Crippen LogP contribution in [0.2, 0.25) is 0 Å². The topological polar surface area (TPSA) is 65.5 Å². The lowest BCUT2D eigenvalue weighted by Crippen LogP contribution is -2.34. The number of anilines is 1. The fraction of sp³-hybridized carbons (Fsp3) is 0.500. The van der Waals surface area contributed by atoms with Gasteiger partial charge < -0.3 is 15.3 Å². The Balaban J connectivity index is 2.20. The summed E-state index contributed by atoms with van der Waals surface area (Å²) in [6.07, 6.45) is 2.26. The van der Waals surface area contributed by atoms with Crippen molar-refractivity contribution >= 4 is 11.7 Å². The maximum Gasteiger partial charge on any atom is 0.257 e. The van der Waals surface area contributed by atoms with Gasteiger partial charge in [-0.15, -0.1) is 0 Å². The highest BCUT2D eigenvalue weighted by Gasteiger charge is 2.34. The number of hydrogen-bond acceptors (Lipinski definition) is 4. The quantitative estimate of drug-likeness (QED) is 0.792. The van der Waals surface area contributed by atoms with Crippen molar-refractivity contribution < 1.29 is 9.90 Å². The number of β-amino-alcohol motifs (C(OH)–C–C–N with tert-alkyl or cyclic N) is 1. The predicted molar refractivity (Wildman–Crippen MR) is 64.9 cm³/mol. The maximum atomic E-state index is 12.2. The van der Waals surface area contributed by atoms with Gasteiger partial charge in [0.05, 0.1) is 11.2 Å². The van der Waals surface area contributed by atoms with E-state index in [4.69, 9.17) is 0 Å². The number of rotatable bonds is 2. The first-order valence-electron chi connectivity index (χ1n) is 5.68. The summed E-state index contributed by atoms with van der Waals surface area (Å²) in [5.41, 5.74) is -0.217. The third-order valence-electron chi connectivity index (χ3n) is 3.01. The van der Waals surface area contributed by atoms with Gasteiger partial charge in [0.15, 0.2) is 0 Å². The minimum Gasteiger partial charge on any atom is -0.388 e. The van der Waals surface area contributed by atoms with Gasteiger partial charge in [-0.1, -0.05) is 0 Å². The third kappa shape index (κ3) is 2.39. The Labute approximate surface area is 100 Å². The molecule has 1 aromatic rings. The molecule has 1 aromatic heterocycles. The molecule has 2 rings (SSSR count). The van der Waals surface area contributed by atoms with Crippen molar-refractivity contribution in [2.45, 2.75) is 18.9 Å². The van der Waals surface area contributed by atoms with Gasteiger partial charge in [-0.3, -0.25) is 4.79 Å². The number of hydrogen-bond donors (Lipinski definition) is 2. The summed E-state index contributed by atoms with van der Waals surface area (Å²) in [5, 5.41) is 12.8. The molecule has 0 radical (unpaired) electrons. The first kappa shape index (κ1) is 11.9. The molecule has 1 amide bonds. The van der Waals surface area contributed by atoms with Crippen LogP contribution in [0.25, 0.3) is 0 Å². The lowest BCUT2D eigenvalue weighted by Gasteiger charge is -2.19. The first-order valence-corrected chi connectivity index (χ1v) is 5.68. The maximum absolute atomic E-state index is 12.2. The zero-order valence-electron chi connectivity index (χ0n) is 10.1. The fourth-order valence-electron chi connectivity index (χ4n) is 2.07. The minimum absolute atomic E-state index is 0.0831. The first-order chi connectivity index (χ1) is 8.03. The zero-order chi connectivity index (χ0) is 12.5. The van der Waals surface area contributed by atoms with Crippen molar-refractivity contribution in [3.05, 3.63) is 23.9 Å². The molecule has 1 unspecified atom stereocenters. The molecule has 1 aliphatic rings. The number of aliphatic hydroxyl groups is 1.